The van der Waals surface area contributed by atoms with Gasteiger partial charge in [-0.15, -0.1) is 0 Å². The van der Waals surface area contributed by atoms with Crippen LogP contribution in [-0.4, -0.2) is 23.3 Å². The Morgan fingerprint density at radius 2 is 2.08 bits per heavy atom. The van der Waals surface area contributed by atoms with Crippen LogP contribution in [0.2, 0.25) is 0 Å². The first-order valence-corrected chi connectivity index (χ1v) is 8.49. The summed E-state index contributed by atoms with van der Waals surface area (Å²) < 4.78 is 5.27. The molecule has 6 nitrogen and oxygen atoms in total. The average Bonchev–Trinajstić information content (AvgIpc) is 3.05. The van der Waals surface area contributed by atoms with Crippen LogP contribution in [0.15, 0.2) is 34.9 Å². The Bertz CT molecular complexity index is 889. The van der Waals surface area contributed by atoms with Gasteiger partial charge in [-0.1, -0.05) is 18.2 Å². The normalized spacial score (nSPS) is 18.7. The molecule has 1 aromatic carbocycles. The number of unbranched alkanes of at least 4 members (excludes halogenated alkanes) is 1. The lowest BCUT2D eigenvalue weighted by molar-refractivity contribution is -0.135. The smallest absolute Gasteiger partial charge is 0.264 e. The molecule has 0 radical (unpaired) electrons. The Hall–Kier alpha value is -2.91. The molecule has 0 bridgehead atoms. The van der Waals surface area contributed by atoms with Gasteiger partial charge in [0, 0.05) is 18.5 Å². The maximum atomic E-state index is 13.0. The molecular weight excluding hydrogens is 332 g/mol. The highest BCUT2D eigenvalue weighted by molar-refractivity contribution is 6.11. The average molecular weight is 352 g/mol. The fourth-order valence-electron chi connectivity index (χ4n) is 3.52. The van der Waals surface area contributed by atoms with Crippen molar-refractivity contribution in [2.75, 3.05) is 11.4 Å². The molecule has 26 heavy (non-hydrogen) atoms. The molecule has 0 aliphatic carbocycles. The van der Waals surface area contributed by atoms with Crippen molar-refractivity contribution in [3.63, 3.8) is 0 Å². The third-order valence-electron chi connectivity index (χ3n) is 4.76. The summed E-state index contributed by atoms with van der Waals surface area (Å²) in [6, 6.07) is 8.97. The lowest BCUT2D eigenvalue weighted by Crippen LogP contribution is -2.42. The maximum Gasteiger partial charge on any atom is 0.264 e. The number of aliphatic hydroxyl groups is 1. The van der Waals surface area contributed by atoms with Crippen LogP contribution in [0.4, 0.5) is 5.69 Å². The summed E-state index contributed by atoms with van der Waals surface area (Å²) >= 11 is 0. The number of amides is 1. The number of hydrogen-bond donors (Lipinski definition) is 1. The third kappa shape index (κ3) is 2.80. The van der Waals surface area contributed by atoms with E-state index in [1.54, 1.807) is 38.1 Å². The van der Waals surface area contributed by atoms with Gasteiger partial charge in [0.2, 0.25) is 0 Å². The first kappa shape index (κ1) is 17.9. The molecule has 0 spiro atoms. The lowest BCUT2D eigenvalue weighted by Gasteiger charge is -2.22. The Kier molecular flexibility index (Phi) is 4.66. The van der Waals surface area contributed by atoms with Crippen LogP contribution in [0.3, 0.4) is 0 Å². The predicted molar refractivity (Wildman–Crippen MR) is 94.7 cm³/mol. The van der Waals surface area contributed by atoms with Gasteiger partial charge in [-0.2, -0.15) is 5.26 Å². The number of carbonyl (C=O) groups is 2. The largest absolute Gasteiger partial charge is 0.469 e. The van der Waals surface area contributed by atoms with E-state index < -0.39 is 11.5 Å². The Labute approximate surface area is 151 Å². The molecule has 2 heterocycles. The van der Waals surface area contributed by atoms with Gasteiger partial charge in [0.25, 0.3) is 5.91 Å². The van der Waals surface area contributed by atoms with Crippen molar-refractivity contribution in [3.05, 3.63) is 53.0 Å². The summed E-state index contributed by atoms with van der Waals surface area (Å²) in [6.07, 6.45) is 1.96. The molecular formula is C20H20N2O4. The number of nitriles is 1. The van der Waals surface area contributed by atoms with Crippen LogP contribution < -0.4 is 4.90 Å². The van der Waals surface area contributed by atoms with Gasteiger partial charge in [-0.25, -0.2) is 0 Å². The van der Waals surface area contributed by atoms with Crippen molar-refractivity contribution in [2.24, 2.45) is 0 Å². The molecule has 3 rings (SSSR count). The maximum absolute atomic E-state index is 13.0. The predicted octanol–water partition coefficient (Wildman–Crippen LogP) is 3.01. The number of aryl methyl sites for hydroxylation is 2. The molecule has 0 saturated carbocycles. The van der Waals surface area contributed by atoms with Crippen molar-refractivity contribution in [1.82, 2.24) is 0 Å². The fraction of sp³-hybridized carbons (Fsp3) is 0.350. The topological polar surface area (TPSA) is 94.5 Å². The molecule has 1 atom stereocenters. The molecule has 1 amide bonds. The highest BCUT2D eigenvalue weighted by Crippen LogP contribution is 2.43. The number of Topliss-reactive ketones (excluding diaryl/α,β-unsaturated/α-hetero) is 1. The van der Waals surface area contributed by atoms with Gasteiger partial charge in [-0.05, 0) is 31.9 Å². The molecule has 134 valence electrons. The number of carbonyl (C=O) groups excluding carboxylic acids is 2. The molecule has 1 aromatic heterocycles. The van der Waals surface area contributed by atoms with E-state index in [1.807, 2.05) is 6.07 Å². The van der Waals surface area contributed by atoms with E-state index in [-0.39, 0.29) is 12.2 Å². The first-order chi connectivity index (χ1) is 12.4. The van der Waals surface area contributed by atoms with Crippen molar-refractivity contribution < 1.29 is 19.1 Å². The van der Waals surface area contributed by atoms with Gasteiger partial charge in [0.05, 0.1) is 30.0 Å². The molecule has 1 aliphatic heterocycles. The van der Waals surface area contributed by atoms with Crippen molar-refractivity contribution in [3.8, 4) is 6.07 Å². The second-order valence-corrected chi connectivity index (χ2v) is 6.55. The Morgan fingerprint density at radius 3 is 2.73 bits per heavy atom. The molecule has 6 heteroatoms. The van der Waals surface area contributed by atoms with Crippen molar-refractivity contribution in [1.29, 1.82) is 5.26 Å². The molecule has 0 fully saturated rings. The van der Waals surface area contributed by atoms with Crippen LogP contribution in [0.25, 0.3) is 0 Å². The second-order valence-electron chi connectivity index (χ2n) is 6.55. The summed E-state index contributed by atoms with van der Waals surface area (Å²) in [5.41, 5.74) is 0.198. The van der Waals surface area contributed by atoms with Crippen molar-refractivity contribution in [2.45, 2.75) is 38.7 Å². The zero-order valence-corrected chi connectivity index (χ0v) is 14.8. The highest BCUT2D eigenvalue weighted by atomic mass is 16.3. The van der Waals surface area contributed by atoms with Gasteiger partial charge >= 0.3 is 0 Å². The Morgan fingerprint density at radius 1 is 1.35 bits per heavy atom. The zero-order chi connectivity index (χ0) is 18.9. The minimum Gasteiger partial charge on any atom is -0.469 e. The fourth-order valence-corrected chi connectivity index (χ4v) is 3.52. The second kappa shape index (κ2) is 6.77. The summed E-state index contributed by atoms with van der Waals surface area (Å²) in [6.45, 7) is 3.76. The van der Waals surface area contributed by atoms with Gasteiger partial charge in [0.15, 0.2) is 11.4 Å². The minimum absolute atomic E-state index is 0.316. The van der Waals surface area contributed by atoms with Crippen LogP contribution in [-0.2, 0) is 10.4 Å². The number of anilines is 1. The molecule has 1 N–H and O–H groups in total. The number of ketones is 1. The van der Waals surface area contributed by atoms with E-state index in [0.717, 1.165) is 0 Å². The van der Waals surface area contributed by atoms with E-state index in [0.29, 0.717) is 47.5 Å². The number of nitrogens with zero attached hydrogens (tertiary/aromatic N) is 2. The number of fused-ring (bicyclic) bond motifs is 1. The van der Waals surface area contributed by atoms with Gasteiger partial charge in [-0.3, -0.25) is 9.59 Å². The molecule has 0 saturated heterocycles. The van der Waals surface area contributed by atoms with Crippen LogP contribution in [0.5, 0.6) is 0 Å². The third-order valence-corrected chi connectivity index (χ3v) is 4.76. The van der Waals surface area contributed by atoms with Crippen LogP contribution in [0.1, 0.15) is 46.5 Å². The van der Waals surface area contributed by atoms with Crippen molar-refractivity contribution >= 4 is 17.4 Å². The van der Waals surface area contributed by atoms with Crippen LogP contribution in [0, 0.1) is 25.2 Å². The summed E-state index contributed by atoms with van der Waals surface area (Å²) in [5, 5.41) is 19.9. The van der Waals surface area contributed by atoms with Gasteiger partial charge < -0.3 is 14.4 Å². The SMILES string of the molecule is Cc1coc(C)c1C(=O)C[C@]1(O)C(=O)N(CCCC#N)c2ccccc21. The first-order valence-electron chi connectivity index (χ1n) is 8.49. The van der Waals surface area contributed by atoms with E-state index in [9.17, 15) is 14.7 Å². The molecule has 2 aromatic rings. The van der Waals surface area contributed by atoms with E-state index in [1.165, 1.54) is 11.2 Å². The summed E-state index contributed by atoms with van der Waals surface area (Å²) in [5.74, 6) is -0.386. The number of rotatable bonds is 6. The van der Waals surface area contributed by atoms with E-state index >= 15 is 0 Å². The quantitative estimate of drug-likeness (QED) is 0.637. The highest BCUT2D eigenvalue weighted by Gasteiger charge is 2.50. The lowest BCUT2D eigenvalue weighted by atomic mass is 9.87. The Balaban J connectivity index is 1.94. The zero-order valence-electron chi connectivity index (χ0n) is 14.8. The minimum atomic E-state index is -1.91. The van der Waals surface area contributed by atoms with Gasteiger partial charge in [0.1, 0.15) is 5.76 Å². The number of furan rings is 1. The summed E-state index contributed by atoms with van der Waals surface area (Å²) in [4.78, 5) is 27.2. The number of benzene rings is 1. The van der Waals surface area contributed by atoms with Crippen LogP contribution >= 0.6 is 0 Å². The standard InChI is InChI=1S/C20H20N2O4/c1-13-12-26-14(2)18(13)17(23)11-20(25)15-7-3-4-8-16(15)22(19(20)24)10-6-5-9-21/h3-4,7-8,12,25H,5-6,10-11H2,1-2H3/t20-/m1/s1. The van der Waals surface area contributed by atoms with E-state index in [2.05, 4.69) is 0 Å². The number of para-hydroxylation sites is 1. The molecule has 0 unspecified atom stereocenters. The van der Waals surface area contributed by atoms with E-state index in [4.69, 9.17) is 9.68 Å². The molecule has 1 aliphatic rings. The monoisotopic (exact) mass is 352 g/mol. The summed E-state index contributed by atoms with van der Waals surface area (Å²) in [7, 11) is 0. The number of hydrogen-bond acceptors (Lipinski definition) is 5.